The Balaban J connectivity index is 1.76. The van der Waals surface area contributed by atoms with Gasteiger partial charge in [0, 0.05) is 31.8 Å². The van der Waals surface area contributed by atoms with Crippen LogP contribution in [-0.4, -0.2) is 14.5 Å². The third kappa shape index (κ3) is 2.06. The van der Waals surface area contributed by atoms with Crippen molar-refractivity contribution in [2.45, 2.75) is 0 Å². The molecule has 5 heteroatoms. The number of hydrogen-bond acceptors (Lipinski definition) is 4. The average molecular weight is 408 g/mol. The van der Waals surface area contributed by atoms with Crippen molar-refractivity contribution in [3.8, 4) is 5.13 Å². The Kier molecular flexibility index (Phi) is 3.03. The Morgan fingerprint density at radius 2 is 1.55 bits per heavy atom. The summed E-state index contributed by atoms with van der Waals surface area (Å²) in [5, 5.41) is 4.75. The van der Waals surface area contributed by atoms with Gasteiger partial charge in [-0.15, -0.1) is 11.3 Å². The van der Waals surface area contributed by atoms with Crippen LogP contribution >= 0.6 is 22.7 Å². The van der Waals surface area contributed by atoms with Gasteiger partial charge in [-0.25, -0.2) is 4.98 Å². The minimum Gasteiger partial charge on any atom is -0.283 e. The van der Waals surface area contributed by atoms with E-state index in [4.69, 9.17) is 9.97 Å². The smallest absolute Gasteiger partial charge is 0.195 e. The first-order valence-corrected chi connectivity index (χ1v) is 11.1. The van der Waals surface area contributed by atoms with Crippen LogP contribution in [0.15, 0.2) is 79.0 Å². The largest absolute Gasteiger partial charge is 0.283 e. The number of nitrogens with zero attached hydrogens (tertiary/aromatic N) is 3. The lowest BCUT2D eigenvalue weighted by Gasteiger charge is -2.04. The van der Waals surface area contributed by atoms with E-state index in [-0.39, 0.29) is 0 Å². The molecule has 0 fully saturated rings. The summed E-state index contributed by atoms with van der Waals surface area (Å²) in [5.41, 5.74) is 4.37. The van der Waals surface area contributed by atoms with Gasteiger partial charge in [-0.1, -0.05) is 41.7 Å². The highest BCUT2D eigenvalue weighted by Crippen LogP contribution is 2.43. The van der Waals surface area contributed by atoms with Crippen molar-refractivity contribution < 1.29 is 0 Å². The zero-order chi connectivity index (χ0) is 18.9. The molecule has 0 spiro atoms. The number of rotatable bonds is 1. The van der Waals surface area contributed by atoms with Crippen LogP contribution in [0.4, 0.5) is 0 Å². The van der Waals surface area contributed by atoms with Gasteiger partial charge in [-0.05, 0) is 42.5 Å². The Hall–Kier alpha value is -3.28. The third-order valence-electron chi connectivity index (χ3n) is 5.50. The topological polar surface area (TPSA) is 30.7 Å². The molecule has 0 unspecified atom stereocenters. The van der Waals surface area contributed by atoms with Crippen LogP contribution in [-0.2, 0) is 0 Å². The Bertz CT molecular complexity index is 1690. The number of fused-ring (bicyclic) bond motifs is 8. The number of hydrogen-bond donors (Lipinski definition) is 0. The van der Waals surface area contributed by atoms with Crippen LogP contribution in [0.1, 0.15) is 0 Å². The molecule has 4 heterocycles. The molecule has 29 heavy (non-hydrogen) atoms. The van der Waals surface area contributed by atoms with E-state index in [1.54, 1.807) is 11.3 Å². The van der Waals surface area contributed by atoms with Crippen molar-refractivity contribution in [3.05, 3.63) is 79.0 Å². The molecule has 4 aromatic heterocycles. The molecular weight excluding hydrogens is 394 g/mol. The van der Waals surface area contributed by atoms with Crippen molar-refractivity contribution in [1.82, 2.24) is 14.5 Å². The van der Waals surface area contributed by atoms with Crippen LogP contribution in [0.5, 0.6) is 0 Å². The molecule has 0 aliphatic heterocycles. The standard InChI is InChI=1S/C24H13N3S2/c1-3-9-18-14(6-1)21-20(28-18)12-11-15-22-17(8-5-13-25-22)27(23(15)21)24-26-16-7-2-4-10-19(16)29-24/h1-13H. The van der Waals surface area contributed by atoms with E-state index >= 15 is 0 Å². The minimum absolute atomic E-state index is 0.988. The Labute approximate surface area is 173 Å². The summed E-state index contributed by atoms with van der Waals surface area (Å²) in [4.78, 5) is 9.72. The molecular formula is C24H13N3S2. The highest BCUT2D eigenvalue weighted by atomic mass is 32.1. The van der Waals surface area contributed by atoms with E-state index in [1.165, 1.54) is 35.8 Å². The second-order valence-corrected chi connectivity index (χ2v) is 9.20. The summed E-state index contributed by atoms with van der Waals surface area (Å²) in [6.07, 6.45) is 1.88. The highest BCUT2D eigenvalue weighted by molar-refractivity contribution is 7.26. The van der Waals surface area contributed by atoms with Crippen LogP contribution in [0, 0.1) is 0 Å². The van der Waals surface area contributed by atoms with Gasteiger partial charge in [0.25, 0.3) is 0 Å². The molecule has 7 rings (SSSR count). The number of para-hydroxylation sites is 1. The number of pyridine rings is 1. The molecule has 136 valence electrons. The lowest BCUT2D eigenvalue weighted by Crippen LogP contribution is -1.93. The molecule has 3 nitrogen and oxygen atoms in total. The lowest BCUT2D eigenvalue weighted by molar-refractivity contribution is 1.15. The zero-order valence-electron chi connectivity index (χ0n) is 15.2. The quantitative estimate of drug-likeness (QED) is 0.289. The summed E-state index contributed by atoms with van der Waals surface area (Å²) in [6.45, 7) is 0. The Morgan fingerprint density at radius 3 is 2.48 bits per heavy atom. The maximum Gasteiger partial charge on any atom is 0.195 e. The van der Waals surface area contributed by atoms with Crippen LogP contribution in [0.2, 0.25) is 0 Å². The van der Waals surface area contributed by atoms with Crippen LogP contribution < -0.4 is 0 Å². The summed E-state index contributed by atoms with van der Waals surface area (Å²) in [6, 6.07) is 25.6. The first-order chi connectivity index (χ1) is 14.4. The minimum atomic E-state index is 0.988. The second kappa shape index (κ2) is 5.63. The molecule has 3 aromatic carbocycles. The maximum absolute atomic E-state index is 4.98. The van der Waals surface area contributed by atoms with Crippen molar-refractivity contribution in [3.63, 3.8) is 0 Å². The maximum atomic E-state index is 4.98. The van der Waals surface area contributed by atoms with Gasteiger partial charge in [-0.2, -0.15) is 0 Å². The van der Waals surface area contributed by atoms with E-state index in [2.05, 4.69) is 65.2 Å². The highest BCUT2D eigenvalue weighted by Gasteiger charge is 2.20. The van der Waals surface area contributed by atoms with Gasteiger partial charge in [0.15, 0.2) is 5.13 Å². The fourth-order valence-electron chi connectivity index (χ4n) is 4.28. The van der Waals surface area contributed by atoms with E-state index in [0.29, 0.717) is 0 Å². The SMILES string of the molecule is c1ccc2sc(-n3c4cccnc4c4ccc5sc6ccccc6c5c43)nc2c1. The number of thiophene rings is 1. The molecule has 0 saturated heterocycles. The number of benzene rings is 3. The molecule has 0 atom stereocenters. The molecule has 7 aromatic rings. The predicted molar refractivity (Wildman–Crippen MR) is 125 cm³/mol. The van der Waals surface area contributed by atoms with E-state index in [0.717, 1.165) is 21.7 Å². The zero-order valence-corrected chi connectivity index (χ0v) is 16.8. The molecule has 0 amide bonds. The van der Waals surface area contributed by atoms with Gasteiger partial charge in [0.05, 0.1) is 26.8 Å². The fraction of sp³-hybridized carbons (Fsp3) is 0. The Morgan fingerprint density at radius 1 is 0.690 bits per heavy atom. The first kappa shape index (κ1) is 15.6. The van der Waals surface area contributed by atoms with Gasteiger partial charge in [0.1, 0.15) is 0 Å². The molecule has 0 N–H and O–H groups in total. The number of aromatic nitrogens is 3. The van der Waals surface area contributed by atoms with Gasteiger partial charge >= 0.3 is 0 Å². The molecule has 0 aliphatic carbocycles. The molecule has 0 saturated carbocycles. The summed E-state index contributed by atoms with van der Waals surface area (Å²) in [5.74, 6) is 0. The van der Waals surface area contributed by atoms with E-state index < -0.39 is 0 Å². The van der Waals surface area contributed by atoms with E-state index in [9.17, 15) is 0 Å². The summed E-state index contributed by atoms with van der Waals surface area (Å²) in [7, 11) is 0. The van der Waals surface area contributed by atoms with Crippen molar-refractivity contribution in [1.29, 1.82) is 0 Å². The van der Waals surface area contributed by atoms with E-state index in [1.807, 2.05) is 29.7 Å². The van der Waals surface area contributed by atoms with Gasteiger partial charge in [0.2, 0.25) is 0 Å². The fourth-order valence-corrected chi connectivity index (χ4v) is 6.38. The number of thiazole rings is 1. The van der Waals surface area contributed by atoms with Gasteiger partial charge < -0.3 is 0 Å². The normalized spacial score (nSPS) is 12.1. The molecule has 0 aliphatic rings. The van der Waals surface area contributed by atoms with Crippen LogP contribution in [0.3, 0.4) is 0 Å². The van der Waals surface area contributed by atoms with Crippen molar-refractivity contribution >= 4 is 75.0 Å². The summed E-state index contributed by atoms with van der Waals surface area (Å²) < 4.78 is 6.11. The lowest BCUT2D eigenvalue weighted by atomic mass is 10.1. The third-order valence-corrected chi connectivity index (χ3v) is 7.65. The molecule has 0 radical (unpaired) electrons. The van der Waals surface area contributed by atoms with Crippen molar-refractivity contribution in [2.24, 2.45) is 0 Å². The van der Waals surface area contributed by atoms with Crippen molar-refractivity contribution in [2.75, 3.05) is 0 Å². The summed E-state index contributed by atoms with van der Waals surface area (Å²) >= 11 is 3.57. The van der Waals surface area contributed by atoms with Crippen LogP contribution in [0.25, 0.3) is 57.5 Å². The average Bonchev–Trinajstić information content (AvgIpc) is 3.44. The van der Waals surface area contributed by atoms with Gasteiger partial charge in [-0.3, -0.25) is 9.55 Å². The second-order valence-electron chi connectivity index (χ2n) is 7.10. The first-order valence-electron chi connectivity index (χ1n) is 9.44. The monoisotopic (exact) mass is 407 g/mol. The predicted octanol–water partition coefficient (Wildman–Crippen LogP) is 7.16. The molecule has 0 bridgehead atoms.